The van der Waals surface area contributed by atoms with Crippen LogP contribution in [0, 0.1) is 0 Å². The molecule has 0 aromatic heterocycles. The molecule has 566 valence electrons. The van der Waals surface area contributed by atoms with Gasteiger partial charge in [0.1, 0.15) is 19.3 Å². The lowest BCUT2D eigenvalue weighted by atomic mass is 10.1. The third kappa shape index (κ3) is 70.4. The van der Waals surface area contributed by atoms with Gasteiger partial charge in [0, 0.05) is 25.7 Å². The first kappa shape index (κ1) is 94.0. The zero-order valence-corrected chi connectivity index (χ0v) is 63.5. The smallest absolute Gasteiger partial charge is 0.462 e. The molecule has 0 spiro atoms. The van der Waals surface area contributed by atoms with Crippen LogP contribution < -0.4 is 0 Å². The molecule has 0 fully saturated rings. The summed E-state index contributed by atoms with van der Waals surface area (Å²) < 4.78 is 68.4. The number of hydrogen-bond acceptors (Lipinski definition) is 15. The van der Waals surface area contributed by atoms with E-state index in [4.69, 9.17) is 37.0 Å². The van der Waals surface area contributed by atoms with E-state index in [-0.39, 0.29) is 25.7 Å². The summed E-state index contributed by atoms with van der Waals surface area (Å²) in [6.45, 7) is 4.71. The Hall–Kier alpha value is -4.02. The van der Waals surface area contributed by atoms with Crippen molar-refractivity contribution in [2.75, 3.05) is 39.6 Å². The van der Waals surface area contributed by atoms with Crippen LogP contribution in [0.3, 0.4) is 0 Å². The molecule has 3 N–H and O–H groups in total. The number of rotatable bonds is 72. The van der Waals surface area contributed by atoms with Crippen LogP contribution >= 0.6 is 15.6 Å². The van der Waals surface area contributed by atoms with Gasteiger partial charge in [-0.15, -0.1) is 0 Å². The lowest BCUT2D eigenvalue weighted by Crippen LogP contribution is -2.30. The number of aliphatic hydroxyl groups is 1. The molecule has 0 aliphatic carbocycles. The van der Waals surface area contributed by atoms with Crippen LogP contribution in [0.1, 0.15) is 323 Å². The van der Waals surface area contributed by atoms with Gasteiger partial charge in [0.2, 0.25) is 0 Å². The van der Waals surface area contributed by atoms with Gasteiger partial charge in [0.15, 0.2) is 12.2 Å². The van der Waals surface area contributed by atoms with Crippen LogP contribution in [0.15, 0.2) is 97.2 Å². The highest BCUT2D eigenvalue weighted by Crippen LogP contribution is 2.45. The van der Waals surface area contributed by atoms with Gasteiger partial charge in [-0.1, -0.05) is 253 Å². The third-order valence-corrected chi connectivity index (χ3v) is 17.9. The second kappa shape index (κ2) is 71.4. The zero-order chi connectivity index (χ0) is 71.8. The molecule has 5 atom stereocenters. The second-order valence-electron chi connectivity index (χ2n) is 25.6. The summed E-state index contributed by atoms with van der Waals surface area (Å²) in [4.78, 5) is 72.8. The van der Waals surface area contributed by atoms with Crippen LogP contribution in [0.4, 0.5) is 0 Å². The molecule has 0 aromatic rings. The monoisotopic (exact) mass is 1420 g/mol. The summed E-state index contributed by atoms with van der Waals surface area (Å²) in [6.07, 6.45) is 74.0. The highest BCUT2D eigenvalue weighted by atomic mass is 31.2. The van der Waals surface area contributed by atoms with E-state index in [1.54, 1.807) is 0 Å². The summed E-state index contributed by atoms with van der Waals surface area (Å²) in [5.41, 5.74) is 0. The van der Waals surface area contributed by atoms with Gasteiger partial charge in [-0.3, -0.25) is 37.3 Å². The normalized spacial score (nSPS) is 14.5. The SMILES string of the molecule is CCCCC/C=C\C/C=C\C/C=C\C/C=C\CCCC(=O)OC[C@H](COP(=O)(O)OC[C@@H](O)COP(=O)(O)OC[C@@H](COC(=O)CCCCCCC/C=C\CCCCCC)OC(=O)CCCCCCC/C=C\C=C/CCCCCC)OC(=O)CCCCCCC/C=C\CCCCCC. The van der Waals surface area contributed by atoms with E-state index in [0.29, 0.717) is 32.1 Å². The van der Waals surface area contributed by atoms with Gasteiger partial charge < -0.3 is 33.8 Å². The predicted octanol–water partition coefficient (Wildman–Crippen LogP) is 22.0. The Kier molecular flexibility index (Phi) is 68.4. The van der Waals surface area contributed by atoms with E-state index >= 15 is 0 Å². The molecule has 0 bridgehead atoms. The van der Waals surface area contributed by atoms with Crippen molar-refractivity contribution < 1.29 is 80.2 Å². The molecule has 17 nitrogen and oxygen atoms in total. The average Bonchev–Trinajstić information content (AvgIpc) is 0.962. The first-order chi connectivity index (χ1) is 47.7. The molecule has 0 saturated heterocycles. The molecule has 0 saturated carbocycles. The molecule has 0 rings (SSSR count). The topological polar surface area (TPSA) is 237 Å². The van der Waals surface area contributed by atoms with Crippen molar-refractivity contribution in [2.45, 2.75) is 341 Å². The number of phosphoric ester groups is 2. The molecule has 0 aromatic carbocycles. The van der Waals surface area contributed by atoms with Gasteiger partial charge in [0.05, 0.1) is 26.4 Å². The number of phosphoric acid groups is 2. The van der Waals surface area contributed by atoms with E-state index in [1.807, 2.05) is 12.2 Å². The molecular weight excluding hydrogens is 1280 g/mol. The van der Waals surface area contributed by atoms with Gasteiger partial charge in [-0.05, 0) is 141 Å². The van der Waals surface area contributed by atoms with E-state index < -0.39 is 97.5 Å². The first-order valence-corrected chi connectivity index (χ1v) is 41.5. The Morgan fingerprint density at radius 1 is 0.296 bits per heavy atom. The quantitative estimate of drug-likeness (QED) is 0.0128. The van der Waals surface area contributed by atoms with Gasteiger partial charge in [-0.2, -0.15) is 0 Å². The summed E-state index contributed by atoms with van der Waals surface area (Å²) in [6, 6.07) is 0. The van der Waals surface area contributed by atoms with Crippen LogP contribution in [0.5, 0.6) is 0 Å². The second-order valence-corrected chi connectivity index (χ2v) is 28.5. The Bertz CT molecular complexity index is 2240. The maximum Gasteiger partial charge on any atom is 0.472 e. The number of aliphatic hydroxyl groups excluding tert-OH is 1. The zero-order valence-electron chi connectivity index (χ0n) is 61.7. The number of esters is 4. The Balaban J connectivity index is 5.40. The lowest BCUT2D eigenvalue weighted by Gasteiger charge is -2.21. The molecule has 0 radical (unpaired) electrons. The third-order valence-electron chi connectivity index (χ3n) is 16.0. The predicted molar refractivity (Wildman–Crippen MR) is 399 cm³/mol. The van der Waals surface area contributed by atoms with Crippen molar-refractivity contribution in [1.29, 1.82) is 0 Å². The fourth-order valence-electron chi connectivity index (χ4n) is 10.1. The van der Waals surface area contributed by atoms with E-state index in [9.17, 15) is 43.2 Å². The minimum atomic E-state index is -4.99. The van der Waals surface area contributed by atoms with E-state index in [2.05, 4.69) is 113 Å². The molecule has 2 unspecified atom stereocenters. The van der Waals surface area contributed by atoms with Crippen LogP contribution in [-0.4, -0.2) is 96.7 Å². The largest absolute Gasteiger partial charge is 0.472 e. The molecule has 0 aliphatic rings. The average molecular weight is 1420 g/mol. The fraction of sp³-hybridized carbons (Fsp3) is 0.747. The molecule has 0 heterocycles. The van der Waals surface area contributed by atoms with Crippen molar-refractivity contribution in [3.05, 3.63) is 97.2 Å². The number of allylic oxidation sites excluding steroid dienone is 16. The minimum absolute atomic E-state index is 0.0729. The summed E-state index contributed by atoms with van der Waals surface area (Å²) in [7, 11) is -9.97. The number of hydrogen-bond donors (Lipinski definition) is 3. The Labute approximate surface area is 595 Å². The van der Waals surface area contributed by atoms with Crippen molar-refractivity contribution in [1.82, 2.24) is 0 Å². The summed E-state index contributed by atoms with van der Waals surface area (Å²) >= 11 is 0. The van der Waals surface area contributed by atoms with Crippen molar-refractivity contribution in [3.63, 3.8) is 0 Å². The van der Waals surface area contributed by atoms with Crippen molar-refractivity contribution in [2.24, 2.45) is 0 Å². The van der Waals surface area contributed by atoms with Gasteiger partial charge in [0.25, 0.3) is 0 Å². The minimum Gasteiger partial charge on any atom is -0.462 e. The highest BCUT2D eigenvalue weighted by Gasteiger charge is 2.30. The lowest BCUT2D eigenvalue weighted by molar-refractivity contribution is -0.161. The standard InChI is InChI=1S/C79H138O17P2/c1-5-9-13-17-21-25-29-33-35-36-38-41-44-48-52-56-60-64-77(82)90-70-74(95-78(83)65-61-57-53-49-45-40-32-28-24-20-16-12-8-4)71-93-97(85,86)91-67-73(80)68-92-98(87,88)94-72-75(69-89-76(81)63-59-55-51-47-43-39-31-27-23-19-15-11-7-3)96-79(84)66-62-58-54-50-46-42-37-34-30-26-22-18-14-10-6-2/h21,25-28,30-35,37-38,41,48,52,73-75,80H,5-20,22-24,29,36,39-40,42-47,49-51,53-72H2,1-4H3,(H,85,86)(H,87,88)/b25-21-,30-26-,31-27-,32-28-,35-33-,37-34-,41-38-,52-48-/t73-,74-,75-/m1/s1. The maximum atomic E-state index is 13.1. The van der Waals surface area contributed by atoms with Crippen LogP contribution in [0.25, 0.3) is 0 Å². The highest BCUT2D eigenvalue weighted by molar-refractivity contribution is 7.47. The molecule has 98 heavy (non-hydrogen) atoms. The number of carbonyl (C=O) groups excluding carboxylic acids is 4. The number of unbranched alkanes of at least 4 members (excludes halogenated alkanes) is 31. The molecule has 19 heteroatoms. The van der Waals surface area contributed by atoms with Gasteiger partial charge in [-0.25, -0.2) is 9.13 Å². The van der Waals surface area contributed by atoms with E-state index in [0.717, 1.165) is 141 Å². The fourth-order valence-corrected chi connectivity index (χ4v) is 11.7. The van der Waals surface area contributed by atoms with Gasteiger partial charge >= 0.3 is 39.5 Å². The van der Waals surface area contributed by atoms with E-state index in [1.165, 1.54) is 96.3 Å². The number of ether oxygens (including phenoxy) is 4. The Morgan fingerprint density at radius 2 is 0.541 bits per heavy atom. The summed E-state index contributed by atoms with van der Waals surface area (Å²) in [5, 5.41) is 10.6. The van der Waals surface area contributed by atoms with Crippen molar-refractivity contribution >= 4 is 39.5 Å². The maximum absolute atomic E-state index is 13.1. The first-order valence-electron chi connectivity index (χ1n) is 38.5. The number of carbonyl (C=O) groups is 4. The summed E-state index contributed by atoms with van der Waals surface area (Å²) in [5.74, 6) is -2.27. The Morgan fingerprint density at radius 3 is 0.898 bits per heavy atom. The van der Waals surface area contributed by atoms with Crippen LogP contribution in [0.2, 0.25) is 0 Å². The van der Waals surface area contributed by atoms with Crippen LogP contribution in [-0.2, 0) is 65.4 Å². The molecule has 0 amide bonds. The molecular formula is C79H138O17P2. The van der Waals surface area contributed by atoms with Crippen molar-refractivity contribution in [3.8, 4) is 0 Å². The molecule has 0 aliphatic heterocycles.